The molecule has 10 nitrogen and oxygen atoms in total. The predicted octanol–water partition coefficient (Wildman–Crippen LogP) is 8.62. The maximum absolute atomic E-state index is 11.8. The molecule has 38 heavy (non-hydrogen) atoms. The first-order valence-corrected chi connectivity index (χ1v) is 12.7. The van der Waals surface area contributed by atoms with Crippen LogP contribution in [0.4, 0.5) is 39.8 Å². The quantitative estimate of drug-likeness (QED) is 0.0974. The number of benzene rings is 4. The van der Waals surface area contributed by atoms with Gasteiger partial charge < -0.3 is 15.7 Å². The Balaban J connectivity index is 1.75. The third-order valence-electron chi connectivity index (χ3n) is 5.20. The summed E-state index contributed by atoms with van der Waals surface area (Å²) < 4.78 is 1.19. The summed E-state index contributed by atoms with van der Waals surface area (Å²) >= 11 is 12.6. The van der Waals surface area contributed by atoms with Crippen molar-refractivity contribution in [3.63, 3.8) is 0 Å². The first-order chi connectivity index (χ1) is 18.1. The molecule has 0 bridgehead atoms. The summed E-state index contributed by atoms with van der Waals surface area (Å²) in [7, 11) is 0. The van der Waals surface area contributed by atoms with Crippen molar-refractivity contribution in [3.05, 3.63) is 113 Å². The molecule has 4 rings (SSSR count). The highest BCUT2D eigenvalue weighted by molar-refractivity contribution is 9.11. The second-order valence-electron chi connectivity index (χ2n) is 7.76. The lowest BCUT2D eigenvalue weighted by atomic mass is 10.1. The smallest absolute Gasteiger partial charge is 0.299 e. The number of halogens is 3. The molecule has 0 aliphatic rings. The van der Waals surface area contributed by atoms with E-state index >= 15 is 0 Å². The second-order valence-corrected chi connectivity index (χ2v) is 9.96. The fourth-order valence-electron chi connectivity index (χ4n) is 3.43. The number of hydrogen-bond acceptors (Lipinski definition) is 8. The van der Waals surface area contributed by atoms with Crippen molar-refractivity contribution in [1.29, 1.82) is 0 Å². The van der Waals surface area contributed by atoms with Crippen molar-refractivity contribution >= 4 is 89.5 Å². The summed E-state index contributed by atoms with van der Waals surface area (Å²) in [6, 6.07) is 18.8. The van der Waals surface area contributed by atoms with E-state index in [2.05, 4.69) is 47.5 Å². The van der Waals surface area contributed by atoms with Gasteiger partial charge in [-0.05, 0) is 70.5 Å². The van der Waals surface area contributed by atoms with Crippen LogP contribution in [0.15, 0.2) is 86.7 Å². The first-order valence-electron chi connectivity index (χ1n) is 10.7. The number of nitro benzene ring substituents is 2. The van der Waals surface area contributed by atoms with E-state index in [0.29, 0.717) is 32.1 Å². The lowest BCUT2D eigenvalue weighted by molar-refractivity contribution is -0.393. The zero-order chi connectivity index (χ0) is 27.4. The summed E-state index contributed by atoms with van der Waals surface area (Å²) in [5.41, 5.74) is 0.807. The van der Waals surface area contributed by atoms with E-state index in [1.54, 1.807) is 60.7 Å². The Kier molecular flexibility index (Phi) is 8.25. The van der Waals surface area contributed by atoms with Gasteiger partial charge in [0.2, 0.25) is 0 Å². The second kappa shape index (κ2) is 11.6. The number of nitrogens with one attached hydrogen (secondary N) is 2. The molecule has 0 fully saturated rings. The molecule has 0 atom stereocenters. The number of hydrogen-bond donors (Lipinski definition) is 3. The summed E-state index contributed by atoms with van der Waals surface area (Å²) in [4.78, 5) is 26.6. The molecule has 0 aliphatic carbocycles. The predicted molar refractivity (Wildman–Crippen MR) is 155 cm³/mol. The van der Waals surface area contributed by atoms with Gasteiger partial charge in [0, 0.05) is 27.0 Å². The van der Waals surface area contributed by atoms with Crippen LogP contribution in [0.3, 0.4) is 0 Å². The summed E-state index contributed by atoms with van der Waals surface area (Å²) in [6.45, 7) is 0. The number of aromatic hydroxyl groups is 1. The Bertz CT molecular complexity index is 1580. The van der Waals surface area contributed by atoms with Gasteiger partial charge in [-0.2, -0.15) is 0 Å². The monoisotopic (exact) mass is 659 g/mol. The molecular formula is C25H16Br2ClN5O5. The fourth-order valence-corrected chi connectivity index (χ4v) is 4.81. The Morgan fingerprint density at radius 1 is 0.842 bits per heavy atom. The largest absolute Gasteiger partial charge is 0.506 e. The maximum atomic E-state index is 11.8. The van der Waals surface area contributed by atoms with Gasteiger partial charge in [0.1, 0.15) is 17.1 Å². The minimum absolute atomic E-state index is 0.00719. The van der Waals surface area contributed by atoms with Crippen LogP contribution in [0.2, 0.25) is 5.02 Å². The lowest BCUT2D eigenvalue weighted by Gasteiger charge is -2.13. The zero-order valence-corrected chi connectivity index (χ0v) is 23.0. The molecule has 0 saturated heterocycles. The Morgan fingerprint density at radius 2 is 1.47 bits per heavy atom. The van der Waals surface area contributed by atoms with Gasteiger partial charge in [0.15, 0.2) is 0 Å². The third-order valence-corrected chi connectivity index (χ3v) is 6.52. The van der Waals surface area contributed by atoms with Gasteiger partial charge in [0.05, 0.1) is 31.8 Å². The van der Waals surface area contributed by atoms with Gasteiger partial charge in [-0.3, -0.25) is 25.2 Å². The average Bonchev–Trinajstić information content (AvgIpc) is 2.87. The molecule has 13 heteroatoms. The molecule has 192 valence electrons. The standard InChI is InChI=1S/C25H16Br2ClN5O5/c26-15-9-14(25(34)18(27)10-15)13-29-19-3-1-2-4-20(19)31-22-11-21(30-17-7-5-16(28)6-8-17)23(32(35)36)12-24(22)33(37)38/h1-13,30-31,34H. The maximum Gasteiger partial charge on any atom is 0.299 e. The minimum atomic E-state index is -0.704. The molecule has 0 radical (unpaired) electrons. The SMILES string of the molecule is O=[N+]([O-])c1cc([N+](=O)[O-])c(Nc2ccccc2N=Cc2cc(Br)cc(Br)c2O)cc1Nc1ccc(Cl)cc1. The van der Waals surface area contributed by atoms with Crippen LogP contribution in [0.1, 0.15) is 5.56 Å². The molecule has 4 aromatic carbocycles. The normalized spacial score (nSPS) is 10.9. The van der Waals surface area contributed by atoms with E-state index in [-0.39, 0.29) is 17.1 Å². The Hall–Kier alpha value is -4.00. The van der Waals surface area contributed by atoms with Crippen LogP contribution in [-0.4, -0.2) is 21.2 Å². The van der Waals surface area contributed by atoms with E-state index < -0.39 is 21.2 Å². The fraction of sp³-hybridized carbons (Fsp3) is 0. The van der Waals surface area contributed by atoms with Crippen molar-refractivity contribution in [2.45, 2.75) is 0 Å². The van der Waals surface area contributed by atoms with Crippen molar-refractivity contribution in [3.8, 4) is 5.75 Å². The molecule has 0 heterocycles. The molecule has 3 N–H and O–H groups in total. The number of phenolic OH excluding ortho intramolecular Hbond substituents is 1. The highest BCUT2D eigenvalue weighted by Gasteiger charge is 2.25. The van der Waals surface area contributed by atoms with Crippen LogP contribution >= 0.6 is 43.5 Å². The topological polar surface area (TPSA) is 143 Å². The van der Waals surface area contributed by atoms with Crippen LogP contribution < -0.4 is 10.6 Å². The van der Waals surface area contributed by atoms with Gasteiger partial charge in [-0.15, -0.1) is 0 Å². The molecule has 0 aromatic heterocycles. The Labute approximate surface area is 237 Å². The number of nitrogens with zero attached hydrogens (tertiary/aromatic N) is 3. The van der Waals surface area contributed by atoms with Crippen molar-refractivity contribution in [1.82, 2.24) is 0 Å². The van der Waals surface area contributed by atoms with Crippen LogP contribution in [0.25, 0.3) is 0 Å². The minimum Gasteiger partial charge on any atom is -0.506 e. The van der Waals surface area contributed by atoms with Crippen LogP contribution in [0, 0.1) is 20.2 Å². The van der Waals surface area contributed by atoms with E-state index in [1.807, 2.05) is 0 Å². The van der Waals surface area contributed by atoms with Crippen molar-refractivity contribution in [2.75, 3.05) is 10.6 Å². The van der Waals surface area contributed by atoms with E-state index in [4.69, 9.17) is 11.6 Å². The van der Waals surface area contributed by atoms with Gasteiger partial charge in [0.25, 0.3) is 11.4 Å². The molecule has 0 spiro atoms. The van der Waals surface area contributed by atoms with Crippen LogP contribution in [-0.2, 0) is 0 Å². The number of para-hydroxylation sites is 2. The molecule has 0 aliphatic heterocycles. The first kappa shape index (κ1) is 27.0. The number of anilines is 4. The van der Waals surface area contributed by atoms with E-state index in [0.717, 1.165) is 10.5 Å². The number of nitro groups is 2. The molecule has 0 unspecified atom stereocenters. The highest BCUT2D eigenvalue weighted by atomic mass is 79.9. The molecule has 0 saturated carbocycles. The molecular weight excluding hydrogens is 646 g/mol. The van der Waals surface area contributed by atoms with Crippen LogP contribution in [0.5, 0.6) is 5.75 Å². The van der Waals surface area contributed by atoms with Gasteiger partial charge in [-0.1, -0.05) is 39.7 Å². The van der Waals surface area contributed by atoms with Gasteiger partial charge >= 0.3 is 0 Å². The third kappa shape index (κ3) is 6.28. The van der Waals surface area contributed by atoms with Crippen molar-refractivity contribution in [2.24, 2.45) is 4.99 Å². The zero-order valence-electron chi connectivity index (χ0n) is 19.1. The Morgan fingerprint density at radius 3 is 2.13 bits per heavy atom. The van der Waals surface area contributed by atoms with E-state index in [1.165, 1.54) is 12.3 Å². The van der Waals surface area contributed by atoms with Crippen molar-refractivity contribution < 1.29 is 15.0 Å². The lowest BCUT2D eigenvalue weighted by Crippen LogP contribution is -2.03. The highest BCUT2D eigenvalue weighted by Crippen LogP contribution is 2.40. The number of rotatable bonds is 8. The summed E-state index contributed by atoms with van der Waals surface area (Å²) in [5, 5.41) is 40.3. The molecule has 4 aromatic rings. The van der Waals surface area contributed by atoms with Gasteiger partial charge in [-0.25, -0.2) is 0 Å². The van der Waals surface area contributed by atoms with E-state index in [9.17, 15) is 25.3 Å². The summed E-state index contributed by atoms with van der Waals surface area (Å²) in [5.74, 6) is -0.00804. The average molecular weight is 662 g/mol. The molecule has 0 amide bonds. The number of aliphatic imine (C=N–C) groups is 1. The summed E-state index contributed by atoms with van der Waals surface area (Å²) in [6.07, 6.45) is 1.45. The number of phenols is 1.